The molecular formula is C13H21NO3S. The summed E-state index contributed by atoms with van der Waals surface area (Å²) in [6, 6.07) is 0. The molecule has 2 rings (SSSR count). The van der Waals surface area contributed by atoms with Crippen LogP contribution in [0.4, 0.5) is 0 Å². The van der Waals surface area contributed by atoms with E-state index in [2.05, 4.69) is 0 Å². The Hall–Kier alpha value is -0.710. The van der Waals surface area contributed by atoms with Crippen LogP contribution in [0.5, 0.6) is 0 Å². The highest BCUT2D eigenvalue weighted by molar-refractivity contribution is 7.99. The van der Waals surface area contributed by atoms with Crippen LogP contribution in [0.2, 0.25) is 0 Å². The number of carbonyl (C=O) groups excluding carboxylic acids is 1. The standard InChI is InChI=1S/C13H21NO3S/c15-12(8-10-3-6-18-7-4-10)14-5-1-2-11(9-14)13(16)17/h10-11H,1-9H2,(H,16,17)/t11-/m0/s1. The van der Waals surface area contributed by atoms with Crippen molar-refractivity contribution in [1.82, 2.24) is 4.90 Å². The van der Waals surface area contributed by atoms with Crippen molar-refractivity contribution in [3.8, 4) is 0 Å². The fourth-order valence-electron chi connectivity index (χ4n) is 2.73. The van der Waals surface area contributed by atoms with E-state index in [0.717, 1.165) is 37.3 Å². The number of thioether (sulfide) groups is 1. The molecule has 0 aromatic carbocycles. The second-order valence-electron chi connectivity index (χ2n) is 5.28. The topological polar surface area (TPSA) is 57.6 Å². The summed E-state index contributed by atoms with van der Waals surface area (Å²) in [5.74, 6) is 1.89. The van der Waals surface area contributed by atoms with Gasteiger partial charge >= 0.3 is 5.97 Å². The summed E-state index contributed by atoms with van der Waals surface area (Å²) in [4.78, 5) is 24.9. The maximum atomic E-state index is 12.2. The highest BCUT2D eigenvalue weighted by Crippen LogP contribution is 2.27. The average Bonchev–Trinajstić information content (AvgIpc) is 2.40. The van der Waals surface area contributed by atoms with E-state index in [1.807, 2.05) is 11.8 Å². The molecule has 1 N–H and O–H groups in total. The van der Waals surface area contributed by atoms with Crippen LogP contribution in [0.25, 0.3) is 0 Å². The number of hydrogen-bond donors (Lipinski definition) is 1. The van der Waals surface area contributed by atoms with E-state index >= 15 is 0 Å². The summed E-state index contributed by atoms with van der Waals surface area (Å²) in [5, 5.41) is 9.02. The number of carboxylic acid groups (broad SMARTS) is 1. The summed E-state index contributed by atoms with van der Waals surface area (Å²) >= 11 is 1.96. The van der Waals surface area contributed by atoms with Crippen LogP contribution in [0.3, 0.4) is 0 Å². The lowest BCUT2D eigenvalue weighted by atomic mass is 9.95. The number of hydrogen-bond acceptors (Lipinski definition) is 3. The van der Waals surface area contributed by atoms with Gasteiger partial charge in [-0.3, -0.25) is 9.59 Å². The maximum Gasteiger partial charge on any atom is 0.308 e. The zero-order chi connectivity index (χ0) is 13.0. The van der Waals surface area contributed by atoms with Gasteiger partial charge in [-0.15, -0.1) is 0 Å². The molecule has 2 aliphatic rings. The van der Waals surface area contributed by atoms with Crippen molar-refractivity contribution < 1.29 is 14.7 Å². The largest absolute Gasteiger partial charge is 0.481 e. The highest BCUT2D eigenvalue weighted by Gasteiger charge is 2.29. The van der Waals surface area contributed by atoms with Crippen molar-refractivity contribution in [3.63, 3.8) is 0 Å². The molecule has 5 heteroatoms. The Balaban J connectivity index is 1.82. The van der Waals surface area contributed by atoms with E-state index < -0.39 is 5.97 Å². The lowest BCUT2D eigenvalue weighted by molar-refractivity contribution is -0.145. The lowest BCUT2D eigenvalue weighted by Crippen LogP contribution is -2.43. The summed E-state index contributed by atoms with van der Waals surface area (Å²) in [7, 11) is 0. The van der Waals surface area contributed by atoms with Crippen LogP contribution in [0, 0.1) is 11.8 Å². The molecule has 1 amide bonds. The number of nitrogens with zero attached hydrogens (tertiary/aromatic N) is 1. The first-order chi connectivity index (χ1) is 8.66. The van der Waals surface area contributed by atoms with Gasteiger partial charge in [-0.25, -0.2) is 0 Å². The second kappa shape index (κ2) is 6.45. The third-order valence-corrected chi connectivity index (χ3v) is 4.98. The van der Waals surface area contributed by atoms with Crippen molar-refractivity contribution in [2.75, 3.05) is 24.6 Å². The monoisotopic (exact) mass is 271 g/mol. The molecule has 0 radical (unpaired) electrons. The molecule has 2 fully saturated rings. The number of rotatable bonds is 3. The highest BCUT2D eigenvalue weighted by atomic mass is 32.2. The molecule has 1 atom stereocenters. The van der Waals surface area contributed by atoms with E-state index in [1.165, 1.54) is 0 Å². The van der Waals surface area contributed by atoms with Crippen LogP contribution in [-0.4, -0.2) is 46.5 Å². The van der Waals surface area contributed by atoms with Crippen molar-refractivity contribution in [2.24, 2.45) is 11.8 Å². The molecule has 4 nitrogen and oxygen atoms in total. The first-order valence-corrected chi connectivity index (χ1v) is 7.90. The zero-order valence-corrected chi connectivity index (χ0v) is 11.5. The first-order valence-electron chi connectivity index (χ1n) is 6.75. The molecule has 2 aliphatic heterocycles. The molecule has 102 valence electrons. The van der Waals surface area contributed by atoms with Crippen LogP contribution in [-0.2, 0) is 9.59 Å². The predicted octanol–water partition coefficient (Wildman–Crippen LogP) is 1.84. The Bertz CT molecular complexity index is 315. The molecule has 0 aromatic heterocycles. The number of amides is 1. The van der Waals surface area contributed by atoms with E-state index in [-0.39, 0.29) is 11.8 Å². The second-order valence-corrected chi connectivity index (χ2v) is 6.50. The number of carbonyl (C=O) groups is 2. The van der Waals surface area contributed by atoms with Crippen molar-refractivity contribution >= 4 is 23.6 Å². The number of likely N-dealkylation sites (tertiary alicyclic amines) is 1. The van der Waals surface area contributed by atoms with Crippen molar-refractivity contribution in [2.45, 2.75) is 32.1 Å². The van der Waals surface area contributed by atoms with Gasteiger partial charge in [0.05, 0.1) is 5.92 Å². The average molecular weight is 271 g/mol. The maximum absolute atomic E-state index is 12.2. The molecule has 0 saturated carbocycles. The SMILES string of the molecule is O=C(O)[C@H]1CCCN(C(=O)CC2CCSCC2)C1. The predicted molar refractivity (Wildman–Crippen MR) is 71.6 cm³/mol. The minimum Gasteiger partial charge on any atom is -0.481 e. The Morgan fingerprint density at radius 3 is 2.61 bits per heavy atom. The van der Waals surface area contributed by atoms with Crippen LogP contribution >= 0.6 is 11.8 Å². The minimum absolute atomic E-state index is 0.165. The van der Waals surface area contributed by atoms with E-state index in [4.69, 9.17) is 5.11 Å². The molecule has 0 aromatic rings. The molecule has 0 spiro atoms. The zero-order valence-electron chi connectivity index (χ0n) is 10.6. The molecule has 0 aliphatic carbocycles. The van der Waals surface area contributed by atoms with Gasteiger partial charge in [0.1, 0.15) is 0 Å². The molecule has 0 bridgehead atoms. The first kappa shape index (κ1) is 13.7. The molecule has 0 unspecified atom stereocenters. The number of carboxylic acids is 1. The van der Waals surface area contributed by atoms with Gasteiger partial charge in [-0.05, 0) is 43.1 Å². The van der Waals surface area contributed by atoms with E-state index in [1.54, 1.807) is 4.90 Å². The van der Waals surface area contributed by atoms with E-state index in [9.17, 15) is 9.59 Å². The van der Waals surface area contributed by atoms with Crippen molar-refractivity contribution in [1.29, 1.82) is 0 Å². The van der Waals surface area contributed by atoms with Crippen LogP contribution < -0.4 is 0 Å². The van der Waals surface area contributed by atoms with Crippen LogP contribution in [0.15, 0.2) is 0 Å². The molecular weight excluding hydrogens is 250 g/mol. The Morgan fingerprint density at radius 2 is 1.94 bits per heavy atom. The normalized spacial score (nSPS) is 26.0. The Morgan fingerprint density at radius 1 is 1.22 bits per heavy atom. The Labute approximate surface area is 112 Å². The van der Waals surface area contributed by atoms with Gasteiger partial charge in [-0.1, -0.05) is 0 Å². The third kappa shape index (κ3) is 3.64. The fourth-order valence-corrected chi connectivity index (χ4v) is 3.94. The summed E-state index contributed by atoms with van der Waals surface area (Å²) in [6.07, 6.45) is 4.41. The van der Waals surface area contributed by atoms with Crippen LogP contribution in [0.1, 0.15) is 32.1 Å². The summed E-state index contributed by atoms with van der Waals surface area (Å²) in [5.41, 5.74) is 0. The smallest absolute Gasteiger partial charge is 0.308 e. The van der Waals surface area contributed by atoms with Gasteiger partial charge in [0.25, 0.3) is 0 Å². The summed E-state index contributed by atoms with van der Waals surface area (Å²) < 4.78 is 0. The number of piperidine rings is 1. The quantitative estimate of drug-likeness (QED) is 0.851. The Kier molecular flexibility index (Phi) is 4.92. The van der Waals surface area contributed by atoms with E-state index in [0.29, 0.717) is 25.3 Å². The van der Waals surface area contributed by atoms with Gasteiger partial charge in [0, 0.05) is 19.5 Å². The minimum atomic E-state index is -0.762. The van der Waals surface area contributed by atoms with Gasteiger partial charge in [-0.2, -0.15) is 11.8 Å². The third-order valence-electron chi connectivity index (χ3n) is 3.93. The summed E-state index contributed by atoms with van der Waals surface area (Å²) in [6.45, 7) is 1.15. The number of aliphatic carboxylic acids is 1. The lowest BCUT2D eigenvalue weighted by Gasteiger charge is -2.32. The molecule has 2 saturated heterocycles. The molecule has 2 heterocycles. The van der Waals surface area contributed by atoms with Gasteiger partial charge in [0.2, 0.25) is 5.91 Å². The van der Waals surface area contributed by atoms with Crippen molar-refractivity contribution in [3.05, 3.63) is 0 Å². The molecule has 18 heavy (non-hydrogen) atoms. The van der Waals surface area contributed by atoms with Gasteiger partial charge in [0.15, 0.2) is 0 Å². The fraction of sp³-hybridized carbons (Fsp3) is 0.846. The van der Waals surface area contributed by atoms with Gasteiger partial charge < -0.3 is 10.0 Å².